The molecule has 1 aromatic carbocycles. The molecular weight excluding hydrogens is 244 g/mol. The normalized spacial score (nSPS) is 10.1. The number of halogens is 3. The quantitative estimate of drug-likeness (QED) is 0.809. The molecule has 0 atom stereocenters. The SMILES string of the molecule is O=C(O)CCNc1cc(Cl)c(F)c(Cl)c1. The summed E-state index contributed by atoms with van der Waals surface area (Å²) in [6, 6.07) is 2.70. The molecule has 0 aliphatic carbocycles. The molecule has 0 saturated heterocycles. The van der Waals surface area contributed by atoms with Crippen molar-refractivity contribution in [1.29, 1.82) is 0 Å². The van der Waals surface area contributed by atoms with E-state index in [1.54, 1.807) is 0 Å². The van der Waals surface area contributed by atoms with Gasteiger partial charge in [0, 0.05) is 12.2 Å². The van der Waals surface area contributed by atoms with Gasteiger partial charge in [0.05, 0.1) is 16.5 Å². The van der Waals surface area contributed by atoms with Crippen LogP contribution in [0, 0.1) is 5.82 Å². The number of hydrogen-bond acceptors (Lipinski definition) is 2. The standard InChI is InChI=1S/C9H8Cl2FNO2/c10-6-3-5(4-7(11)9(6)12)13-2-1-8(14)15/h3-4,13H,1-2H2,(H,14,15). The summed E-state index contributed by atoms with van der Waals surface area (Å²) < 4.78 is 13.0. The first-order valence-corrected chi connectivity index (χ1v) is 4.86. The number of hydrogen-bond donors (Lipinski definition) is 2. The number of carboxylic acid groups (broad SMARTS) is 1. The second-order valence-electron chi connectivity index (χ2n) is 2.82. The molecule has 0 aromatic heterocycles. The Morgan fingerprint density at radius 3 is 2.40 bits per heavy atom. The number of benzene rings is 1. The summed E-state index contributed by atoms with van der Waals surface area (Å²) in [5, 5.41) is 11.0. The number of rotatable bonds is 4. The van der Waals surface area contributed by atoms with Crippen molar-refractivity contribution in [2.24, 2.45) is 0 Å². The third kappa shape index (κ3) is 3.57. The Kier molecular flexibility index (Phi) is 4.17. The van der Waals surface area contributed by atoms with E-state index in [0.29, 0.717) is 5.69 Å². The van der Waals surface area contributed by atoms with Crippen molar-refractivity contribution in [1.82, 2.24) is 0 Å². The highest BCUT2D eigenvalue weighted by Gasteiger charge is 2.07. The van der Waals surface area contributed by atoms with Gasteiger partial charge in [-0.15, -0.1) is 0 Å². The lowest BCUT2D eigenvalue weighted by Gasteiger charge is -2.06. The van der Waals surface area contributed by atoms with Gasteiger partial charge in [0.1, 0.15) is 0 Å². The minimum atomic E-state index is -0.915. The zero-order valence-corrected chi connectivity index (χ0v) is 9.07. The summed E-state index contributed by atoms with van der Waals surface area (Å²) in [7, 11) is 0. The van der Waals surface area contributed by atoms with Crippen LogP contribution in [0.15, 0.2) is 12.1 Å². The highest BCUT2D eigenvalue weighted by molar-refractivity contribution is 6.35. The van der Waals surface area contributed by atoms with Crippen LogP contribution in [0.2, 0.25) is 10.0 Å². The predicted molar refractivity (Wildman–Crippen MR) is 57.2 cm³/mol. The molecule has 0 aliphatic heterocycles. The van der Waals surface area contributed by atoms with Gasteiger partial charge >= 0.3 is 5.97 Å². The van der Waals surface area contributed by atoms with Crippen LogP contribution in [-0.2, 0) is 4.79 Å². The summed E-state index contributed by atoms with van der Waals surface area (Å²) in [5.41, 5.74) is 0.493. The van der Waals surface area contributed by atoms with Gasteiger partial charge in [-0.25, -0.2) is 4.39 Å². The van der Waals surface area contributed by atoms with Gasteiger partial charge < -0.3 is 10.4 Å². The molecule has 1 aromatic rings. The van der Waals surface area contributed by atoms with Gasteiger partial charge in [-0.05, 0) is 12.1 Å². The smallest absolute Gasteiger partial charge is 0.305 e. The number of carboxylic acids is 1. The zero-order valence-electron chi connectivity index (χ0n) is 7.56. The van der Waals surface area contributed by atoms with E-state index in [2.05, 4.69) is 5.32 Å². The molecule has 82 valence electrons. The molecule has 6 heteroatoms. The van der Waals surface area contributed by atoms with E-state index in [0.717, 1.165) is 0 Å². The van der Waals surface area contributed by atoms with Crippen molar-refractivity contribution in [3.05, 3.63) is 28.0 Å². The first-order valence-electron chi connectivity index (χ1n) is 4.11. The maximum absolute atomic E-state index is 13.0. The highest BCUT2D eigenvalue weighted by Crippen LogP contribution is 2.27. The molecule has 0 saturated carbocycles. The van der Waals surface area contributed by atoms with Crippen LogP contribution in [-0.4, -0.2) is 17.6 Å². The van der Waals surface area contributed by atoms with Crippen molar-refractivity contribution in [2.45, 2.75) is 6.42 Å². The third-order valence-electron chi connectivity index (χ3n) is 1.65. The van der Waals surface area contributed by atoms with Crippen LogP contribution in [0.4, 0.5) is 10.1 Å². The Hall–Kier alpha value is -1.00. The molecule has 0 spiro atoms. The fourth-order valence-electron chi connectivity index (χ4n) is 0.971. The zero-order chi connectivity index (χ0) is 11.4. The van der Waals surface area contributed by atoms with Crippen molar-refractivity contribution in [3.63, 3.8) is 0 Å². The number of carbonyl (C=O) groups is 1. The van der Waals surface area contributed by atoms with Crippen molar-refractivity contribution in [2.75, 3.05) is 11.9 Å². The minimum absolute atomic E-state index is 0.0351. The Bertz CT molecular complexity index is 361. The summed E-state index contributed by atoms with van der Waals surface area (Å²) in [5.74, 6) is -1.59. The highest BCUT2D eigenvalue weighted by atomic mass is 35.5. The van der Waals surface area contributed by atoms with Gasteiger partial charge in [0.2, 0.25) is 0 Å². The molecule has 1 rings (SSSR count). The maximum atomic E-state index is 13.0. The molecule has 0 radical (unpaired) electrons. The predicted octanol–water partition coefficient (Wildman–Crippen LogP) is 3.02. The van der Waals surface area contributed by atoms with Gasteiger partial charge in [-0.3, -0.25) is 4.79 Å². The Balaban J connectivity index is 2.66. The number of nitrogens with one attached hydrogen (secondary N) is 1. The summed E-state index contributed by atoms with van der Waals surface area (Å²) in [4.78, 5) is 10.2. The fraction of sp³-hybridized carbons (Fsp3) is 0.222. The van der Waals surface area contributed by atoms with E-state index in [4.69, 9.17) is 28.3 Å². The first-order chi connectivity index (χ1) is 7.00. The lowest BCUT2D eigenvalue weighted by Crippen LogP contribution is -2.07. The van der Waals surface area contributed by atoms with Gasteiger partial charge in [0.15, 0.2) is 5.82 Å². The Morgan fingerprint density at radius 1 is 1.40 bits per heavy atom. The Morgan fingerprint density at radius 2 is 1.93 bits per heavy atom. The largest absolute Gasteiger partial charge is 0.481 e. The van der Waals surface area contributed by atoms with Crippen LogP contribution < -0.4 is 5.32 Å². The topological polar surface area (TPSA) is 49.3 Å². The van der Waals surface area contributed by atoms with E-state index in [1.165, 1.54) is 12.1 Å². The van der Waals surface area contributed by atoms with Gasteiger partial charge in [0.25, 0.3) is 0 Å². The molecule has 0 unspecified atom stereocenters. The first kappa shape index (κ1) is 12.1. The van der Waals surface area contributed by atoms with Gasteiger partial charge in [-0.2, -0.15) is 0 Å². The van der Waals surface area contributed by atoms with E-state index < -0.39 is 11.8 Å². The summed E-state index contributed by atoms with van der Waals surface area (Å²) in [6.45, 7) is 0.230. The van der Waals surface area contributed by atoms with Crippen LogP contribution in [0.1, 0.15) is 6.42 Å². The minimum Gasteiger partial charge on any atom is -0.481 e. The molecule has 0 aliphatic rings. The molecular formula is C9H8Cl2FNO2. The Labute approximate surface area is 95.8 Å². The molecule has 0 bridgehead atoms. The second-order valence-corrected chi connectivity index (χ2v) is 3.64. The van der Waals surface area contributed by atoms with E-state index in [1.807, 2.05) is 0 Å². The maximum Gasteiger partial charge on any atom is 0.305 e. The summed E-state index contributed by atoms with van der Waals surface area (Å²) >= 11 is 11.1. The molecule has 15 heavy (non-hydrogen) atoms. The summed E-state index contributed by atoms with van der Waals surface area (Å²) in [6.07, 6.45) is -0.0351. The molecule has 0 fully saturated rings. The monoisotopic (exact) mass is 251 g/mol. The molecule has 0 amide bonds. The lowest BCUT2D eigenvalue weighted by molar-refractivity contribution is -0.136. The molecule has 0 heterocycles. The van der Waals surface area contributed by atoms with E-state index in [-0.39, 0.29) is 23.0 Å². The number of anilines is 1. The molecule has 3 nitrogen and oxygen atoms in total. The van der Waals surface area contributed by atoms with E-state index >= 15 is 0 Å². The van der Waals surface area contributed by atoms with Crippen molar-refractivity contribution in [3.8, 4) is 0 Å². The lowest BCUT2D eigenvalue weighted by atomic mass is 10.3. The molecule has 2 N–H and O–H groups in total. The average molecular weight is 252 g/mol. The fourth-order valence-corrected chi connectivity index (χ4v) is 1.46. The van der Waals surface area contributed by atoms with Crippen LogP contribution in [0.3, 0.4) is 0 Å². The third-order valence-corrected chi connectivity index (χ3v) is 2.20. The van der Waals surface area contributed by atoms with Crippen LogP contribution in [0.5, 0.6) is 0 Å². The van der Waals surface area contributed by atoms with Crippen molar-refractivity contribution >= 4 is 34.9 Å². The second kappa shape index (κ2) is 5.19. The average Bonchev–Trinajstić information content (AvgIpc) is 2.13. The van der Waals surface area contributed by atoms with Gasteiger partial charge in [-0.1, -0.05) is 23.2 Å². The van der Waals surface area contributed by atoms with E-state index in [9.17, 15) is 9.18 Å². The van der Waals surface area contributed by atoms with Crippen LogP contribution in [0.25, 0.3) is 0 Å². The number of aliphatic carboxylic acids is 1. The van der Waals surface area contributed by atoms with Crippen molar-refractivity contribution < 1.29 is 14.3 Å². The van der Waals surface area contributed by atoms with Crippen LogP contribution >= 0.6 is 23.2 Å².